The minimum Gasteiger partial charge on any atom is -0.335 e. The molecule has 0 fully saturated rings. The molecule has 2 aromatic rings. The van der Waals surface area contributed by atoms with Crippen LogP contribution < -0.4 is 5.32 Å². The number of likely N-dealkylation sites (N-methyl/N-ethyl adjacent to an activating group) is 1. The molecule has 1 atom stereocenters. The summed E-state index contributed by atoms with van der Waals surface area (Å²) in [4.78, 5) is 18.1. The fourth-order valence-electron chi connectivity index (χ4n) is 2.57. The van der Waals surface area contributed by atoms with Gasteiger partial charge in [0, 0.05) is 37.7 Å². The van der Waals surface area contributed by atoms with Crippen molar-refractivity contribution < 1.29 is 4.79 Å². The van der Waals surface area contributed by atoms with E-state index in [1.165, 1.54) is 5.56 Å². The predicted molar refractivity (Wildman–Crippen MR) is 90.3 cm³/mol. The molecule has 6 nitrogen and oxygen atoms in total. The maximum Gasteiger partial charge on any atom is 0.317 e. The van der Waals surface area contributed by atoms with Gasteiger partial charge in [0.05, 0.1) is 5.69 Å². The van der Waals surface area contributed by atoms with Crippen molar-refractivity contribution >= 4 is 6.03 Å². The van der Waals surface area contributed by atoms with Gasteiger partial charge in [-0.1, -0.05) is 6.07 Å². The molecule has 0 aliphatic heterocycles. The predicted octanol–water partition coefficient (Wildman–Crippen LogP) is 2.24. The normalized spacial score (nSPS) is 12.0. The molecular formula is C17H25N5O. The van der Waals surface area contributed by atoms with Crippen LogP contribution in [-0.4, -0.2) is 45.7 Å². The summed E-state index contributed by atoms with van der Waals surface area (Å²) in [5.41, 5.74) is 4.38. The summed E-state index contributed by atoms with van der Waals surface area (Å²) in [6, 6.07) is 3.93. The monoisotopic (exact) mass is 315 g/mol. The molecule has 0 saturated carbocycles. The summed E-state index contributed by atoms with van der Waals surface area (Å²) in [7, 11) is 1.82. The molecule has 0 aliphatic rings. The Balaban J connectivity index is 1.80. The number of hydrogen-bond acceptors (Lipinski definition) is 3. The Morgan fingerprint density at radius 1 is 1.43 bits per heavy atom. The number of nitrogens with zero attached hydrogens (tertiary/aromatic N) is 3. The first-order valence-electron chi connectivity index (χ1n) is 7.88. The summed E-state index contributed by atoms with van der Waals surface area (Å²) < 4.78 is 0. The van der Waals surface area contributed by atoms with Crippen molar-refractivity contribution in [2.24, 2.45) is 0 Å². The number of carbonyl (C=O) groups excluding carboxylic acids is 1. The average Bonchev–Trinajstić information content (AvgIpc) is 2.84. The topological polar surface area (TPSA) is 73.9 Å². The van der Waals surface area contributed by atoms with E-state index in [4.69, 9.17) is 0 Å². The molecule has 0 bridgehead atoms. The first-order valence-corrected chi connectivity index (χ1v) is 7.88. The minimum absolute atomic E-state index is 0.0554. The van der Waals surface area contributed by atoms with Gasteiger partial charge in [0.2, 0.25) is 0 Å². The first kappa shape index (κ1) is 17.0. The minimum atomic E-state index is -0.0554. The van der Waals surface area contributed by atoms with Gasteiger partial charge in [-0.2, -0.15) is 5.10 Å². The number of urea groups is 1. The van der Waals surface area contributed by atoms with E-state index in [-0.39, 0.29) is 12.1 Å². The van der Waals surface area contributed by atoms with Gasteiger partial charge in [0.15, 0.2) is 0 Å². The van der Waals surface area contributed by atoms with Crippen molar-refractivity contribution in [2.75, 3.05) is 13.6 Å². The van der Waals surface area contributed by atoms with Crippen molar-refractivity contribution in [3.8, 4) is 0 Å². The zero-order valence-electron chi connectivity index (χ0n) is 14.3. The summed E-state index contributed by atoms with van der Waals surface area (Å²) >= 11 is 0. The summed E-state index contributed by atoms with van der Waals surface area (Å²) in [6.07, 6.45) is 5.15. The van der Waals surface area contributed by atoms with Crippen molar-refractivity contribution in [1.29, 1.82) is 0 Å². The molecule has 2 rings (SSSR count). The van der Waals surface area contributed by atoms with E-state index in [9.17, 15) is 4.79 Å². The third kappa shape index (κ3) is 4.81. The van der Waals surface area contributed by atoms with E-state index in [0.717, 1.165) is 29.8 Å². The Morgan fingerprint density at radius 2 is 2.22 bits per heavy atom. The van der Waals surface area contributed by atoms with Crippen LogP contribution in [0.25, 0.3) is 0 Å². The van der Waals surface area contributed by atoms with Crippen LogP contribution >= 0.6 is 0 Å². The third-order valence-electron chi connectivity index (χ3n) is 3.96. The highest BCUT2D eigenvalue weighted by Crippen LogP contribution is 2.10. The maximum atomic E-state index is 12.2. The Hall–Kier alpha value is -2.37. The number of rotatable bonds is 6. The van der Waals surface area contributed by atoms with Crippen LogP contribution in [0.3, 0.4) is 0 Å². The molecule has 124 valence electrons. The molecule has 2 heterocycles. The Morgan fingerprint density at radius 3 is 2.83 bits per heavy atom. The summed E-state index contributed by atoms with van der Waals surface area (Å²) in [6.45, 7) is 6.65. The molecule has 6 heteroatoms. The smallest absolute Gasteiger partial charge is 0.317 e. The van der Waals surface area contributed by atoms with Gasteiger partial charge in [-0.15, -0.1) is 0 Å². The van der Waals surface area contributed by atoms with Gasteiger partial charge < -0.3 is 10.2 Å². The molecule has 2 amide bonds. The molecule has 2 N–H and O–H groups in total. The Kier molecular flexibility index (Phi) is 5.73. The highest BCUT2D eigenvalue weighted by atomic mass is 16.2. The van der Waals surface area contributed by atoms with Crippen LogP contribution in [-0.2, 0) is 12.8 Å². The number of carbonyl (C=O) groups is 1. The van der Waals surface area contributed by atoms with E-state index >= 15 is 0 Å². The Bertz CT molecular complexity index is 618. The van der Waals surface area contributed by atoms with Crippen LogP contribution in [0.1, 0.15) is 29.4 Å². The number of pyridine rings is 1. The second kappa shape index (κ2) is 7.76. The highest BCUT2D eigenvalue weighted by Gasteiger charge is 2.14. The van der Waals surface area contributed by atoms with Crippen LogP contribution in [0.2, 0.25) is 0 Å². The number of aryl methyl sites for hydroxylation is 2. The lowest BCUT2D eigenvalue weighted by atomic mass is 10.1. The van der Waals surface area contributed by atoms with Crippen LogP contribution in [0.15, 0.2) is 24.5 Å². The lowest BCUT2D eigenvalue weighted by Crippen LogP contribution is -2.43. The van der Waals surface area contributed by atoms with Gasteiger partial charge in [-0.25, -0.2) is 4.79 Å². The number of aromatic amines is 1. The highest BCUT2D eigenvalue weighted by molar-refractivity contribution is 5.74. The van der Waals surface area contributed by atoms with Crippen molar-refractivity contribution in [2.45, 2.75) is 39.7 Å². The van der Waals surface area contributed by atoms with E-state index < -0.39 is 0 Å². The van der Waals surface area contributed by atoms with E-state index in [1.807, 2.05) is 46.1 Å². The molecule has 0 aliphatic carbocycles. The lowest BCUT2D eigenvalue weighted by molar-refractivity contribution is 0.206. The van der Waals surface area contributed by atoms with Crippen molar-refractivity contribution in [3.63, 3.8) is 0 Å². The fourth-order valence-corrected chi connectivity index (χ4v) is 2.57. The third-order valence-corrected chi connectivity index (χ3v) is 3.96. The van der Waals surface area contributed by atoms with Crippen LogP contribution in [0.5, 0.6) is 0 Å². The molecular weight excluding hydrogens is 290 g/mol. The van der Waals surface area contributed by atoms with Crippen LogP contribution in [0.4, 0.5) is 4.79 Å². The molecule has 0 saturated heterocycles. The maximum absolute atomic E-state index is 12.2. The SMILES string of the molecule is Cc1n[nH]c(C)c1CCN(C)C(=O)N[C@@H](C)Cc1cccnc1. The fraction of sp³-hybridized carbons (Fsp3) is 0.471. The lowest BCUT2D eigenvalue weighted by Gasteiger charge is -2.21. The second-order valence-electron chi connectivity index (χ2n) is 6.00. The summed E-state index contributed by atoms with van der Waals surface area (Å²) in [5, 5.41) is 10.2. The van der Waals surface area contributed by atoms with E-state index in [1.54, 1.807) is 11.1 Å². The van der Waals surface area contributed by atoms with Gasteiger partial charge in [-0.05, 0) is 50.8 Å². The molecule has 0 unspecified atom stereocenters. The molecule has 0 aromatic carbocycles. The molecule has 23 heavy (non-hydrogen) atoms. The van der Waals surface area contributed by atoms with Gasteiger partial charge in [0.25, 0.3) is 0 Å². The molecule has 2 aromatic heterocycles. The van der Waals surface area contributed by atoms with Crippen LogP contribution in [0, 0.1) is 13.8 Å². The zero-order chi connectivity index (χ0) is 16.8. The zero-order valence-corrected chi connectivity index (χ0v) is 14.3. The van der Waals surface area contributed by atoms with E-state index in [2.05, 4.69) is 20.5 Å². The number of amides is 2. The number of nitrogens with one attached hydrogen (secondary N) is 2. The largest absolute Gasteiger partial charge is 0.335 e. The van der Waals surface area contributed by atoms with Crippen molar-refractivity contribution in [1.82, 2.24) is 25.4 Å². The number of aromatic nitrogens is 3. The molecule has 0 radical (unpaired) electrons. The first-order chi connectivity index (χ1) is 11.0. The standard InChI is InChI=1S/C17H25N5O/c1-12(10-15-6-5-8-18-11-15)19-17(23)22(4)9-7-16-13(2)20-21-14(16)3/h5-6,8,11-12H,7,9-10H2,1-4H3,(H,19,23)(H,20,21)/t12-/m0/s1. The van der Waals surface area contributed by atoms with Crippen molar-refractivity contribution in [3.05, 3.63) is 47.0 Å². The second-order valence-corrected chi connectivity index (χ2v) is 6.00. The molecule has 0 spiro atoms. The van der Waals surface area contributed by atoms with Gasteiger partial charge in [-0.3, -0.25) is 10.1 Å². The van der Waals surface area contributed by atoms with Gasteiger partial charge in [0.1, 0.15) is 0 Å². The number of H-pyrrole nitrogens is 1. The van der Waals surface area contributed by atoms with Gasteiger partial charge >= 0.3 is 6.03 Å². The summed E-state index contributed by atoms with van der Waals surface area (Å²) in [5.74, 6) is 0. The average molecular weight is 315 g/mol. The number of hydrogen-bond donors (Lipinski definition) is 2. The Labute approximate surface area is 137 Å². The van der Waals surface area contributed by atoms with E-state index in [0.29, 0.717) is 6.54 Å². The quantitative estimate of drug-likeness (QED) is 0.858.